The number of carboxylic acid groups (broad SMARTS) is 1. The summed E-state index contributed by atoms with van der Waals surface area (Å²) in [5.41, 5.74) is 3.79. The van der Waals surface area contributed by atoms with Gasteiger partial charge in [-0.15, -0.1) is 11.3 Å². The fourth-order valence-electron chi connectivity index (χ4n) is 3.27. The monoisotopic (exact) mass is 336 g/mol. The summed E-state index contributed by atoms with van der Waals surface area (Å²) in [6, 6.07) is 11.5. The summed E-state index contributed by atoms with van der Waals surface area (Å²) in [7, 11) is 2.01. The summed E-state index contributed by atoms with van der Waals surface area (Å²) in [5.74, 6) is -0.893. The second kappa shape index (κ2) is 5.85. The molecule has 0 saturated carbocycles. The number of pyridine rings is 1. The third-order valence-electron chi connectivity index (χ3n) is 4.24. The fourth-order valence-corrected chi connectivity index (χ4v) is 3.95. The Kier molecular flexibility index (Phi) is 3.67. The van der Waals surface area contributed by atoms with Gasteiger partial charge in [-0.05, 0) is 36.2 Å². The Morgan fingerprint density at radius 1 is 1.25 bits per heavy atom. The number of benzene rings is 1. The van der Waals surface area contributed by atoms with E-state index in [1.54, 1.807) is 11.3 Å². The number of aromatic nitrogens is 1. The Bertz CT molecular complexity index is 961. The number of fused-ring (bicyclic) bond motifs is 2. The van der Waals surface area contributed by atoms with Gasteiger partial charge in [0.25, 0.3) is 0 Å². The SMILES string of the molecule is CN1CC(=Cc2cccs2)c2nc3ccccc3c(C(=O)O)c2C1. The van der Waals surface area contributed by atoms with Crippen molar-refractivity contribution in [3.8, 4) is 0 Å². The summed E-state index contributed by atoms with van der Waals surface area (Å²) in [4.78, 5) is 20.0. The highest BCUT2D eigenvalue weighted by Crippen LogP contribution is 2.33. The molecule has 5 heteroatoms. The van der Waals surface area contributed by atoms with Crippen LogP contribution >= 0.6 is 11.3 Å². The van der Waals surface area contributed by atoms with Crippen molar-refractivity contribution in [3.05, 3.63) is 63.5 Å². The molecule has 1 N–H and O–H groups in total. The molecule has 0 saturated heterocycles. The summed E-state index contributed by atoms with van der Waals surface area (Å²) >= 11 is 1.67. The van der Waals surface area contributed by atoms with Crippen molar-refractivity contribution >= 4 is 39.9 Å². The van der Waals surface area contributed by atoms with Crippen LogP contribution in [-0.4, -0.2) is 34.6 Å². The molecule has 1 aromatic carbocycles. The first-order chi connectivity index (χ1) is 11.6. The first kappa shape index (κ1) is 15.1. The van der Waals surface area contributed by atoms with E-state index in [0.717, 1.165) is 33.8 Å². The molecule has 0 fully saturated rings. The van der Waals surface area contributed by atoms with Crippen molar-refractivity contribution in [2.75, 3.05) is 13.6 Å². The Hall–Kier alpha value is -2.50. The Morgan fingerprint density at radius 2 is 2.08 bits per heavy atom. The van der Waals surface area contributed by atoms with Gasteiger partial charge in [0, 0.05) is 28.9 Å². The molecule has 3 heterocycles. The van der Waals surface area contributed by atoms with Crippen LogP contribution in [0.25, 0.3) is 22.6 Å². The van der Waals surface area contributed by atoms with Gasteiger partial charge < -0.3 is 5.11 Å². The van der Waals surface area contributed by atoms with Crippen LogP contribution in [0.3, 0.4) is 0 Å². The highest BCUT2D eigenvalue weighted by molar-refractivity contribution is 7.10. The number of hydrogen-bond acceptors (Lipinski definition) is 4. The minimum absolute atomic E-state index is 0.374. The Morgan fingerprint density at radius 3 is 2.83 bits per heavy atom. The number of likely N-dealkylation sites (N-methyl/N-ethyl adjacent to an activating group) is 1. The molecule has 1 aliphatic heterocycles. The van der Waals surface area contributed by atoms with E-state index in [9.17, 15) is 9.90 Å². The normalized spacial score (nSPS) is 16.5. The van der Waals surface area contributed by atoms with Crippen molar-refractivity contribution in [1.82, 2.24) is 9.88 Å². The number of para-hydroxylation sites is 1. The van der Waals surface area contributed by atoms with Crippen molar-refractivity contribution in [2.24, 2.45) is 0 Å². The number of nitrogens with zero attached hydrogens (tertiary/aromatic N) is 2. The van der Waals surface area contributed by atoms with E-state index in [1.165, 1.54) is 0 Å². The van der Waals surface area contributed by atoms with Gasteiger partial charge in [-0.1, -0.05) is 24.3 Å². The highest BCUT2D eigenvalue weighted by atomic mass is 32.1. The fraction of sp³-hybridized carbons (Fsp3) is 0.158. The number of carbonyl (C=O) groups is 1. The standard InChI is InChI=1S/C19H16N2O2S/c1-21-10-12(9-13-5-4-8-24-13)18-15(11-21)17(19(22)23)14-6-2-3-7-16(14)20-18/h2-9H,10-11H2,1H3,(H,22,23). The van der Waals surface area contributed by atoms with Gasteiger partial charge in [-0.2, -0.15) is 0 Å². The summed E-state index contributed by atoms with van der Waals surface area (Å²) in [5, 5.41) is 12.5. The molecule has 3 aromatic rings. The van der Waals surface area contributed by atoms with E-state index in [-0.39, 0.29) is 0 Å². The van der Waals surface area contributed by atoms with Crippen LogP contribution in [0.1, 0.15) is 26.5 Å². The maximum atomic E-state index is 12.0. The predicted octanol–water partition coefficient (Wildman–Crippen LogP) is 3.98. The minimum atomic E-state index is -0.893. The number of aromatic carboxylic acids is 1. The summed E-state index contributed by atoms with van der Waals surface area (Å²) in [6.07, 6.45) is 2.12. The van der Waals surface area contributed by atoms with E-state index in [0.29, 0.717) is 17.5 Å². The lowest BCUT2D eigenvalue weighted by atomic mass is 9.93. The molecule has 4 nitrogen and oxygen atoms in total. The zero-order valence-electron chi connectivity index (χ0n) is 13.2. The lowest BCUT2D eigenvalue weighted by Crippen LogP contribution is -2.28. The minimum Gasteiger partial charge on any atom is -0.478 e. The third kappa shape index (κ3) is 2.52. The van der Waals surface area contributed by atoms with Crippen LogP contribution in [0.4, 0.5) is 0 Å². The Labute approximate surface area is 143 Å². The highest BCUT2D eigenvalue weighted by Gasteiger charge is 2.26. The van der Waals surface area contributed by atoms with Gasteiger partial charge in [0.1, 0.15) is 0 Å². The molecule has 0 spiro atoms. The number of carboxylic acids is 1. The van der Waals surface area contributed by atoms with Gasteiger partial charge >= 0.3 is 5.97 Å². The van der Waals surface area contributed by atoms with E-state index >= 15 is 0 Å². The van der Waals surface area contributed by atoms with Crippen LogP contribution in [0.15, 0.2) is 41.8 Å². The second-order valence-electron chi connectivity index (χ2n) is 5.99. The molecule has 0 amide bonds. The summed E-state index contributed by atoms with van der Waals surface area (Å²) < 4.78 is 0. The molecule has 1 aliphatic rings. The van der Waals surface area contributed by atoms with Crippen molar-refractivity contribution in [1.29, 1.82) is 0 Å². The second-order valence-corrected chi connectivity index (χ2v) is 6.97. The lowest BCUT2D eigenvalue weighted by molar-refractivity contribution is 0.0696. The zero-order valence-corrected chi connectivity index (χ0v) is 14.0. The third-order valence-corrected chi connectivity index (χ3v) is 5.06. The van der Waals surface area contributed by atoms with E-state index in [4.69, 9.17) is 4.98 Å². The molecule has 0 bridgehead atoms. The van der Waals surface area contributed by atoms with Gasteiger partial charge in [0.2, 0.25) is 0 Å². The smallest absolute Gasteiger partial charge is 0.336 e. The Balaban J connectivity index is 2.02. The van der Waals surface area contributed by atoms with E-state index < -0.39 is 5.97 Å². The molecule has 0 atom stereocenters. The summed E-state index contributed by atoms with van der Waals surface area (Å²) in [6.45, 7) is 1.35. The number of rotatable bonds is 2. The molecular weight excluding hydrogens is 320 g/mol. The van der Waals surface area contributed by atoms with Crippen LogP contribution in [0.2, 0.25) is 0 Å². The molecule has 24 heavy (non-hydrogen) atoms. The molecule has 120 valence electrons. The average Bonchev–Trinajstić information content (AvgIpc) is 3.05. The number of hydrogen-bond donors (Lipinski definition) is 1. The van der Waals surface area contributed by atoms with Crippen LogP contribution in [0.5, 0.6) is 0 Å². The molecule has 4 rings (SSSR count). The van der Waals surface area contributed by atoms with Gasteiger partial charge in [-0.3, -0.25) is 4.90 Å². The van der Waals surface area contributed by atoms with Crippen LogP contribution < -0.4 is 0 Å². The maximum absolute atomic E-state index is 12.0. The topological polar surface area (TPSA) is 53.4 Å². The molecule has 0 aliphatic carbocycles. The first-order valence-corrected chi connectivity index (χ1v) is 8.59. The van der Waals surface area contributed by atoms with Crippen molar-refractivity contribution in [3.63, 3.8) is 0 Å². The predicted molar refractivity (Wildman–Crippen MR) is 97.2 cm³/mol. The average molecular weight is 336 g/mol. The first-order valence-electron chi connectivity index (χ1n) is 7.71. The molecule has 2 aromatic heterocycles. The number of thiophene rings is 1. The van der Waals surface area contributed by atoms with Gasteiger partial charge in [0.05, 0.1) is 16.8 Å². The van der Waals surface area contributed by atoms with Crippen LogP contribution in [-0.2, 0) is 6.54 Å². The zero-order chi connectivity index (χ0) is 16.7. The molecule has 0 unspecified atom stereocenters. The van der Waals surface area contributed by atoms with E-state index in [2.05, 4.69) is 17.0 Å². The quantitative estimate of drug-likeness (QED) is 0.769. The van der Waals surface area contributed by atoms with Crippen molar-refractivity contribution < 1.29 is 9.90 Å². The molecule has 0 radical (unpaired) electrons. The van der Waals surface area contributed by atoms with Crippen molar-refractivity contribution in [2.45, 2.75) is 6.54 Å². The van der Waals surface area contributed by atoms with E-state index in [1.807, 2.05) is 42.8 Å². The lowest BCUT2D eigenvalue weighted by Gasteiger charge is -2.28. The molecular formula is C19H16N2O2S. The maximum Gasteiger partial charge on any atom is 0.336 e. The van der Waals surface area contributed by atoms with Gasteiger partial charge in [-0.25, -0.2) is 9.78 Å². The van der Waals surface area contributed by atoms with Crippen LogP contribution in [0, 0.1) is 0 Å². The van der Waals surface area contributed by atoms with Gasteiger partial charge in [0.15, 0.2) is 0 Å². The largest absolute Gasteiger partial charge is 0.478 e.